The number of hydrogen-bond donors (Lipinski definition) is 2. The Bertz CT molecular complexity index is 808. The Morgan fingerprint density at radius 3 is 2.56 bits per heavy atom. The third-order valence-corrected chi connectivity index (χ3v) is 5.69. The van der Waals surface area contributed by atoms with Crippen molar-refractivity contribution in [3.63, 3.8) is 0 Å². The molecule has 0 spiro atoms. The first-order valence-corrected chi connectivity index (χ1v) is 9.67. The standard InChI is InChI=1S/C22H27N3O2/c1-15(2)23-22(27)25-13-19-21(17-10-6-7-11-18(17)25)20(14-26)24(19)12-16-8-4-3-5-9-16/h3-11,15,19-21,26H,12-14H2,1-2H3,(H,23,27)/t19-,20-,21+/m1/s1. The average molecular weight is 365 g/mol. The van der Waals surface area contributed by atoms with Crippen molar-refractivity contribution >= 4 is 11.7 Å². The van der Waals surface area contributed by atoms with Gasteiger partial charge in [-0.05, 0) is 31.0 Å². The van der Waals surface area contributed by atoms with E-state index in [1.165, 1.54) is 5.56 Å². The summed E-state index contributed by atoms with van der Waals surface area (Å²) in [6, 6.07) is 18.8. The maximum absolute atomic E-state index is 12.8. The van der Waals surface area contributed by atoms with Crippen LogP contribution in [0.1, 0.15) is 30.9 Å². The molecule has 0 aromatic heterocycles. The number of hydrogen-bond acceptors (Lipinski definition) is 3. The molecule has 0 saturated carbocycles. The molecular weight excluding hydrogens is 338 g/mol. The minimum atomic E-state index is -0.0528. The van der Waals surface area contributed by atoms with Crippen LogP contribution in [-0.2, 0) is 6.54 Å². The molecule has 2 aromatic rings. The van der Waals surface area contributed by atoms with Gasteiger partial charge in [-0.3, -0.25) is 9.80 Å². The number of aliphatic hydroxyl groups is 1. The normalized spacial score (nSPS) is 24.1. The van der Waals surface area contributed by atoms with Crippen LogP contribution in [0.2, 0.25) is 0 Å². The SMILES string of the molecule is CC(C)NC(=O)N1C[C@@H]2[C@H](c3ccccc31)[C@@H](CO)N2Cc1ccccc1. The molecule has 27 heavy (non-hydrogen) atoms. The monoisotopic (exact) mass is 365 g/mol. The first-order valence-electron chi connectivity index (χ1n) is 9.67. The largest absolute Gasteiger partial charge is 0.395 e. The highest BCUT2D eigenvalue weighted by molar-refractivity contribution is 5.94. The molecule has 2 aromatic carbocycles. The number of para-hydroxylation sites is 1. The van der Waals surface area contributed by atoms with Gasteiger partial charge in [0.05, 0.1) is 6.61 Å². The zero-order valence-corrected chi connectivity index (χ0v) is 15.9. The number of benzene rings is 2. The molecule has 2 aliphatic heterocycles. The highest BCUT2D eigenvalue weighted by Crippen LogP contribution is 2.48. The Kier molecular flexibility index (Phi) is 4.89. The van der Waals surface area contributed by atoms with Gasteiger partial charge >= 0.3 is 6.03 Å². The van der Waals surface area contributed by atoms with E-state index in [1.807, 2.05) is 55.1 Å². The van der Waals surface area contributed by atoms with Gasteiger partial charge in [-0.25, -0.2) is 4.79 Å². The van der Waals surface area contributed by atoms with Crippen LogP contribution in [0, 0.1) is 0 Å². The molecule has 0 aliphatic carbocycles. The molecule has 5 heteroatoms. The summed E-state index contributed by atoms with van der Waals surface area (Å²) in [4.78, 5) is 17.0. The van der Waals surface area contributed by atoms with Crippen molar-refractivity contribution in [2.24, 2.45) is 0 Å². The molecule has 142 valence electrons. The second-order valence-electron chi connectivity index (χ2n) is 7.77. The fourth-order valence-corrected chi connectivity index (χ4v) is 4.51. The van der Waals surface area contributed by atoms with E-state index in [9.17, 15) is 9.90 Å². The number of aliphatic hydroxyl groups excluding tert-OH is 1. The van der Waals surface area contributed by atoms with Crippen molar-refractivity contribution in [3.05, 3.63) is 65.7 Å². The van der Waals surface area contributed by atoms with E-state index < -0.39 is 0 Å². The zero-order valence-electron chi connectivity index (χ0n) is 15.9. The Hall–Kier alpha value is -2.37. The maximum atomic E-state index is 12.8. The minimum Gasteiger partial charge on any atom is -0.395 e. The van der Waals surface area contributed by atoms with E-state index in [0.29, 0.717) is 6.54 Å². The number of amides is 2. The summed E-state index contributed by atoms with van der Waals surface area (Å²) in [5.41, 5.74) is 3.36. The van der Waals surface area contributed by atoms with Crippen LogP contribution in [0.3, 0.4) is 0 Å². The molecule has 1 fully saturated rings. The van der Waals surface area contributed by atoms with Gasteiger partial charge < -0.3 is 10.4 Å². The topological polar surface area (TPSA) is 55.8 Å². The van der Waals surface area contributed by atoms with Crippen molar-refractivity contribution in [1.29, 1.82) is 0 Å². The summed E-state index contributed by atoms with van der Waals surface area (Å²) in [6.45, 7) is 5.51. The van der Waals surface area contributed by atoms with Gasteiger partial charge in [0, 0.05) is 42.8 Å². The van der Waals surface area contributed by atoms with E-state index in [1.54, 1.807) is 0 Å². The van der Waals surface area contributed by atoms with Crippen LogP contribution in [0.5, 0.6) is 0 Å². The van der Waals surface area contributed by atoms with E-state index in [2.05, 4.69) is 28.4 Å². The number of likely N-dealkylation sites (tertiary alicyclic amines) is 1. The Labute approximate surface area is 160 Å². The van der Waals surface area contributed by atoms with Crippen LogP contribution in [0.4, 0.5) is 10.5 Å². The van der Waals surface area contributed by atoms with Gasteiger partial charge in [-0.1, -0.05) is 48.5 Å². The van der Waals surface area contributed by atoms with E-state index >= 15 is 0 Å². The van der Waals surface area contributed by atoms with Crippen molar-refractivity contribution < 1.29 is 9.90 Å². The maximum Gasteiger partial charge on any atom is 0.322 e. The molecule has 2 heterocycles. The second kappa shape index (κ2) is 7.33. The van der Waals surface area contributed by atoms with E-state index in [-0.39, 0.29) is 36.7 Å². The lowest BCUT2D eigenvalue weighted by Gasteiger charge is -2.59. The number of rotatable bonds is 4. The van der Waals surface area contributed by atoms with Gasteiger partial charge in [0.1, 0.15) is 0 Å². The quantitative estimate of drug-likeness (QED) is 0.876. The molecule has 2 aliphatic rings. The molecule has 0 radical (unpaired) electrons. The van der Waals surface area contributed by atoms with Gasteiger partial charge in [0.15, 0.2) is 0 Å². The molecule has 0 unspecified atom stereocenters. The van der Waals surface area contributed by atoms with Gasteiger partial charge in [-0.15, -0.1) is 0 Å². The summed E-state index contributed by atoms with van der Waals surface area (Å²) in [5.74, 6) is 0.262. The zero-order chi connectivity index (χ0) is 19.0. The third-order valence-electron chi connectivity index (χ3n) is 5.69. The lowest BCUT2D eigenvalue weighted by Crippen LogP contribution is -2.69. The third kappa shape index (κ3) is 3.22. The van der Waals surface area contributed by atoms with Crippen LogP contribution >= 0.6 is 0 Å². The Morgan fingerprint density at radius 2 is 1.85 bits per heavy atom. The molecule has 3 atom stereocenters. The number of anilines is 1. The van der Waals surface area contributed by atoms with Crippen LogP contribution in [0.15, 0.2) is 54.6 Å². The summed E-state index contributed by atoms with van der Waals surface area (Å²) in [7, 11) is 0. The number of carbonyl (C=O) groups excluding carboxylic acids is 1. The summed E-state index contributed by atoms with van der Waals surface area (Å²) in [6.07, 6.45) is 0. The van der Waals surface area contributed by atoms with Crippen molar-refractivity contribution in [2.45, 2.75) is 44.4 Å². The molecule has 0 bridgehead atoms. The molecule has 2 N–H and O–H groups in total. The summed E-state index contributed by atoms with van der Waals surface area (Å²) >= 11 is 0. The first kappa shape index (κ1) is 18.0. The number of urea groups is 1. The van der Waals surface area contributed by atoms with Crippen LogP contribution in [-0.4, -0.2) is 47.3 Å². The molecule has 5 nitrogen and oxygen atoms in total. The van der Waals surface area contributed by atoms with E-state index in [0.717, 1.165) is 17.8 Å². The number of fused-ring (bicyclic) bond motifs is 3. The molecule has 1 saturated heterocycles. The second-order valence-corrected chi connectivity index (χ2v) is 7.77. The molecule has 4 rings (SSSR count). The fourth-order valence-electron chi connectivity index (χ4n) is 4.51. The molecule has 2 amide bonds. The highest BCUT2D eigenvalue weighted by atomic mass is 16.3. The van der Waals surface area contributed by atoms with Crippen LogP contribution in [0.25, 0.3) is 0 Å². The molecular formula is C22H27N3O2. The van der Waals surface area contributed by atoms with E-state index in [4.69, 9.17) is 0 Å². The van der Waals surface area contributed by atoms with Crippen molar-refractivity contribution in [3.8, 4) is 0 Å². The lowest BCUT2D eigenvalue weighted by atomic mass is 9.72. The predicted molar refractivity (Wildman–Crippen MR) is 107 cm³/mol. The Balaban J connectivity index is 1.64. The summed E-state index contributed by atoms with van der Waals surface area (Å²) < 4.78 is 0. The van der Waals surface area contributed by atoms with Crippen LogP contribution < -0.4 is 10.2 Å². The first-order chi connectivity index (χ1) is 13.1. The predicted octanol–water partition coefficient (Wildman–Crippen LogP) is 2.95. The fraction of sp³-hybridized carbons (Fsp3) is 0.409. The number of nitrogens with zero attached hydrogens (tertiary/aromatic N) is 2. The average Bonchev–Trinajstić information content (AvgIpc) is 2.66. The Morgan fingerprint density at radius 1 is 1.15 bits per heavy atom. The highest BCUT2D eigenvalue weighted by Gasteiger charge is 2.53. The number of carbonyl (C=O) groups is 1. The smallest absolute Gasteiger partial charge is 0.322 e. The van der Waals surface area contributed by atoms with Gasteiger partial charge in [-0.2, -0.15) is 0 Å². The van der Waals surface area contributed by atoms with Crippen molar-refractivity contribution in [1.82, 2.24) is 10.2 Å². The summed E-state index contributed by atoms with van der Waals surface area (Å²) in [5, 5.41) is 13.1. The van der Waals surface area contributed by atoms with Crippen molar-refractivity contribution in [2.75, 3.05) is 18.1 Å². The van der Waals surface area contributed by atoms with Gasteiger partial charge in [0.2, 0.25) is 0 Å². The lowest BCUT2D eigenvalue weighted by molar-refractivity contribution is -0.0485. The number of nitrogens with one attached hydrogen (secondary N) is 1. The minimum absolute atomic E-state index is 0.0528. The van der Waals surface area contributed by atoms with Gasteiger partial charge in [0.25, 0.3) is 0 Å².